The van der Waals surface area contributed by atoms with Gasteiger partial charge in [0, 0.05) is 12.6 Å². The highest BCUT2D eigenvalue weighted by Crippen LogP contribution is 2.19. The Morgan fingerprint density at radius 3 is 2.62 bits per heavy atom. The first-order valence-electron chi connectivity index (χ1n) is 3.93. The second kappa shape index (κ2) is 3.47. The summed E-state index contributed by atoms with van der Waals surface area (Å²) < 4.78 is 6.77. The van der Waals surface area contributed by atoms with Crippen molar-refractivity contribution in [3.8, 4) is 5.88 Å². The van der Waals surface area contributed by atoms with E-state index in [0.717, 1.165) is 11.3 Å². The van der Waals surface area contributed by atoms with E-state index in [1.165, 1.54) is 0 Å². The highest BCUT2D eigenvalue weighted by Gasteiger charge is 2.10. The molecule has 1 aromatic rings. The van der Waals surface area contributed by atoms with Gasteiger partial charge in [0.05, 0.1) is 5.69 Å². The van der Waals surface area contributed by atoms with Gasteiger partial charge in [0.1, 0.15) is 0 Å². The van der Waals surface area contributed by atoms with Crippen molar-refractivity contribution in [2.75, 3.05) is 6.61 Å². The molecule has 0 aliphatic rings. The zero-order valence-electron chi connectivity index (χ0n) is 8.00. The molecule has 1 heterocycles. The van der Waals surface area contributed by atoms with Crippen LogP contribution in [0.3, 0.4) is 0 Å². The van der Waals surface area contributed by atoms with Crippen molar-refractivity contribution >= 4 is 5.91 Å². The molecule has 13 heavy (non-hydrogen) atoms. The Balaban J connectivity index is 2.81. The van der Waals surface area contributed by atoms with Crippen molar-refractivity contribution in [3.05, 3.63) is 11.3 Å². The SMILES string of the molecule is Cc1nn(C)c(OCC(N)=O)c1C. The summed E-state index contributed by atoms with van der Waals surface area (Å²) in [6.45, 7) is 3.66. The molecular formula is C8H13N3O2. The Bertz CT molecular complexity index is 330. The number of amides is 1. The molecule has 0 spiro atoms. The molecule has 1 rings (SSSR count). The standard InChI is InChI=1S/C8H13N3O2/c1-5-6(2)10-11(3)8(5)13-4-7(9)12/h4H2,1-3H3,(H2,9,12). The van der Waals surface area contributed by atoms with Gasteiger partial charge < -0.3 is 10.5 Å². The van der Waals surface area contributed by atoms with Crippen molar-refractivity contribution < 1.29 is 9.53 Å². The van der Waals surface area contributed by atoms with E-state index < -0.39 is 5.91 Å². The molecule has 72 valence electrons. The van der Waals surface area contributed by atoms with Crippen LogP contribution >= 0.6 is 0 Å². The third-order valence-corrected chi connectivity index (χ3v) is 1.81. The summed E-state index contributed by atoms with van der Waals surface area (Å²) in [6.07, 6.45) is 0. The minimum Gasteiger partial charge on any atom is -0.468 e. The molecule has 0 unspecified atom stereocenters. The number of carbonyl (C=O) groups is 1. The fourth-order valence-electron chi connectivity index (χ4n) is 1.08. The van der Waals surface area contributed by atoms with E-state index in [4.69, 9.17) is 10.5 Å². The Labute approximate surface area is 76.5 Å². The van der Waals surface area contributed by atoms with Crippen molar-refractivity contribution in [1.29, 1.82) is 0 Å². The average Bonchev–Trinajstić information content (AvgIpc) is 2.24. The predicted molar refractivity (Wildman–Crippen MR) is 47.4 cm³/mol. The van der Waals surface area contributed by atoms with Crippen molar-refractivity contribution in [2.45, 2.75) is 13.8 Å². The van der Waals surface area contributed by atoms with E-state index >= 15 is 0 Å². The zero-order chi connectivity index (χ0) is 10.0. The lowest BCUT2D eigenvalue weighted by Gasteiger charge is -2.04. The van der Waals surface area contributed by atoms with Gasteiger partial charge in [0.25, 0.3) is 5.91 Å². The molecule has 0 saturated carbocycles. The molecule has 0 aromatic carbocycles. The zero-order valence-corrected chi connectivity index (χ0v) is 8.00. The van der Waals surface area contributed by atoms with Crippen molar-refractivity contribution in [1.82, 2.24) is 9.78 Å². The fourth-order valence-corrected chi connectivity index (χ4v) is 1.08. The van der Waals surface area contributed by atoms with E-state index in [0.29, 0.717) is 5.88 Å². The van der Waals surface area contributed by atoms with Crippen LogP contribution in [0.1, 0.15) is 11.3 Å². The van der Waals surface area contributed by atoms with Crippen LogP contribution in [0.4, 0.5) is 0 Å². The number of hydrogen-bond acceptors (Lipinski definition) is 3. The molecule has 0 radical (unpaired) electrons. The van der Waals surface area contributed by atoms with E-state index in [1.807, 2.05) is 13.8 Å². The number of aromatic nitrogens is 2. The van der Waals surface area contributed by atoms with Crippen LogP contribution in [0, 0.1) is 13.8 Å². The summed E-state index contributed by atoms with van der Waals surface area (Å²) in [5.41, 5.74) is 6.78. The van der Waals surface area contributed by atoms with Gasteiger partial charge in [-0.15, -0.1) is 0 Å². The number of nitrogens with zero attached hydrogens (tertiary/aromatic N) is 2. The van der Waals surface area contributed by atoms with Gasteiger partial charge in [-0.05, 0) is 13.8 Å². The molecule has 5 heteroatoms. The van der Waals surface area contributed by atoms with Crippen LogP contribution in [-0.4, -0.2) is 22.3 Å². The lowest BCUT2D eigenvalue weighted by molar-refractivity contribution is -0.120. The number of ether oxygens (including phenoxy) is 1. The van der Waals surface area contributed by atoms with Gasteiger partial charge in [-0.2, -0.15) is 5.10 Å². The monoisotopic (exact) mass is 183 g/mol. The van der Waals surface area contributed by atoms with E-state index in [1.54, 1.807) is 11.7 Å². The number of hydrogen-bond donors (Lipinski definition) is 1. The fraction of sp³-hybridized carbons (Fsp3) is 0.500. The number of rotatable bonds is 3. The topological polar surface area (TPSA) is 70.1 Å². The maximum absolute atomic E-state index is 10.5. The summed E-state index contributed by atoms with van der Waals surface area (Å²) in [5.74, 6) is 0.106. The van der Waals surface area contributed by atoms with Crippen LogP contribution in [0.25, 0.3) is 0 Å². The van der Waals surface area contributed by atoms with Crippen LogP contribution in [-0.2, 0) is 11.8 Å². The highest BCUT2D eigenvalue weighted by atomic mass is 16.5. The molecule has 0 saturated heterocycles. The summed E-state index contributed by atoms with van der Waals surface area (Å²) in [5, 5.41) is 4.13. The Hall–Kier alpha value is -1.52. The minimum atomic E-state index is -0.488. The Morgan fingerprint density at radius 1 is 1.62 bits per heavy atom. The number of nitrogens with two attached hydrogens (primary N) is 1. The number of primary amides is 1. The van der Waals surface area contributed by atoms with E-state index in [9.17, 15) is 4.79 Å². The van der Waals surface area contributed by atoms with Crippen LogP contribution in [0.15, 0.2) is 0 Å². The largest absolute Gasteiger partial charge is 0.468 e. The molecule has 2 N–H and O–H groups in total. The first-order valence-corrected chi connectivity index (χ1v) is 3.93. The molecule has 1 amide bonds. The maximum atomic E-state index is 10.5. The maximum Gasteiger partial charge on any atom is 0.255 e. The quantitative estimate of drug-likeness (QED) is 0.711. The molecular weight excluding hydrogens is 170 g/mol. The van der Waals surface area contributed by atoms with Gasteiger partial charge >= 0.3 is 0 Å². The molecule has 0 atom stereocenters. The second-order valence-electron chi connectivity index (χ2n) is 2.89. The second-order valence-corrected chi connectivity index (χ2v) is 2.89. The van der Waals surface area contributed by atoms with Gasteiger partial charge in [-0.25, -0.2) is 4.68 Å². The van der Waals surface area contributed by atoms with Gasteiger partial charge in [0.15, 0.2) is 6.61 Å². The molecule has 5 nitrogen and oxygen atoms in total. The number of aryl methyl sites for hydroxylation is 2. The van der Waals surface area contributed by atoms with Crippen LogP contribution < -0.4 is 10.5 Å². The van der Waals surface area contributed by atoms with E-state index in [2.05, 4.69) is 5.10 Å². The lowest BCUT2D eigenvalue weighted by atomic mass is 10.3. The summed E-state index contributed by atoms with van der Waals surface area (Å²) >= 11 is 0. The van der Waals surface area contributed by atoms with Crippen molar-refractivity contribution in [2.24, 2.45) is 12.8 Å². The Kier molecular flexibility index (Phi) is 2.55. The minimum absolute atomic E-state index is 0.111. The van der Waals surface area contributed by atoms with E-state index in [-0.39, 0.29) is 6.61 Å². The van der Waals surface area contributed by atoms with Crippen LogP contribution in [0.2, 0.25) is 0 Å². The summed E-state index contributed by atoms with van der Waals surface area (Å²) in [6, 6.07) is 0. The number of carbonyl (C=O) groups excluding carboxylic acids is 1. The van der Waals surface area contributed by atoms with Gasteiger partial charge in [0.2, 0.25) is 5.88 Å². The predicted octanol–water partition coefficient (Wildman–Crippen LogP) is -0.0990. The Morgan fingerprint density at radius 2 is 2.23 bits per heavy atom. The van der Waals surface area contributed by atoms with Gasteiger partial charge in [-0.1, -0.05) is 0 Å². The molecule has 0 fully saturated rings. The molecule has 0 aliphatic heterocycles. The molecule has 1 aromatic heterocycles. The smallest absolute Gasteiger partial charge is 0.255 e. The third-order valence-electron chi connectivity index (χ3n) is 1.81. The van der Waals surface area contributed by atoms with Crippen molar-refractivity contribution in [3.63, 3.8) is 0 Å². The average molecular weight is 183 g/mol. The normalized spacial score (nSPS) is 10.1. The first kappa shape index (κ1) is 9.57. The van der Waals surface area contributed by atoms with Gasteiger partial charge in [-0.3, -0.25) is 4.79 Å². The molecule has 0 aliphatic carbocycles. The third kappa shape index (κ3) is 1.99. The summed E-state index contributed by atoms with van der Waals surface area (Å²) in [4.78, 5) is 10.5. The first-order chi connectivity index (χ1) is 6.02. The van der Waals surface area contributed by atoms with Crippen LogP contribution in [0.5, 0.6) is 5.88 Å². The molecule has 0 bridgehead atoms. The summed E-state index contributed by atoms with van der Waals surface area (Å²) in [7, 11) is 1.76. The highest BCUT2D eigenvalue weighted by molar-refractivity contribution is 5.75. The lowest BCUT2D eigenvalue weighted by Crippen LogP contribution is -2.21.